The van der Waals surface area contributed by atoms with Crippen LogP contribution in [0.25, 0.3) is 11.1 Å². The lowest BCUT2D eigenvalue weighted by molar-refractivity contribution is -0.117. The van der Waals surface area contributed by atoms with Crippen molar-refractivity contribution in [3.63, 3.8) is 0 Å². The fourth-order valence-corrected chi connectivity index (χ4v) is 4.45. The van der Waals surface area contributed by atoms with Gasteiger partial charge < -0.3 is 25.5 Å². The van der Waals surface area contributed by atoms with Crippen molar-refractivity contribution in [2.24, 2.45) is 0 Å². The van der Waals surface area contributed by atoms with Gasteiger partial charge in [0, 0.05) is 56.6 Å². The fraction of sp³-hybridized carbons (Fsp3) is 0.409. The van der Waals surface area contributed by atoms with E-state index < -0.39 is 6.09 Å². The number of amides is 2. The topological polar surface area (TPSA) is 97.8 Å². The normalized spacial score (nSPS) is 20.5. The molecule has 2 atom stereocenters. The summed E-state index contributed by atoms with van der Waals surface area (Å²) in [6, 6.07) is 9.46. The number of fused-ring (bicyclic) bond motifs is 1. The van der Waals surface area contributed by atoms with E-state index in [-0.39, 0.29) is 30.4 Å². The molecule has 0 unspecified atom stereocenters. The zero-order valence-electron chi connectivity index (χ0n) is 17.7. The quantitative estimate of drug-likeness (QED) is 0.671. The molecule has 1 aromatic heterocycles. The van der Waals surface area contributed by atoms with E-state index in [0.717, 1.165) is 54.4 Å². The first-order valence-corrected chi connectivity index (χ1v) is 10.3. The lowest BCUT2D eigenvalue weighted by Crippen LogP contribution is -2.45. The van der Waals surface area contributed by atoms with Gasteiger partial charge >= 0.3 is 6.09 Å². The number of hydrogen-bond donors (Lipinski definition) is 3. The number of benzene rings is 1. The second kappa shape index (κ2) is 9.53. The van der Waals surface area contributed by atoms with Crippen molar-refractivity contribution in [1.82, 2.24) is 15.6 Å². The lowest BCUT2D eigenvalue weighted by Gasteiger charge is -2.39. The predicted molar refractivity (Wildman–Crippen MR) is 123 cm³/mol. The lowest BCUT2D eigenvalue weighted by atomic mass is 9.89. The summed E-state index contributed by atoms with van der Waals surface area (Å²) in [6.07, 6.45) is 1.32. The van der Waals surface area contributed by atoms with Gasteiger partial charge in [0.05, 0.1) is 6.04 Å². The number of halogens is 1. The van der Waals surface area contributed by atoms with Crippen LogP contribution in [0.4, 0.5) is 16.3 Å². The predicted octanol–water partition coefficient (Wildman–Crippen LogP) is 3.03. The third kappa shape index (κ3) is 4.75. The molecule has 8 nitrogen and oxygen atoms in total. The van der Waals surface area contributed by atoms with E-state index >= 15 is 0 Å². The van der Waals surface area contributed by atoms with E-state index in [2.05, 4.69) is 20.5 Å². The molecule has 3 heterocycles. The van der Waals surface area contributed by atoms with E-state index in [4.69, 9.17) is 0 Å². The number of nitrogens with one attached hydrogen (secondary N) is 2. The van der Waals surface area contributed by atoms with Crippen LogP contribution in [0, 0.1) is 0 Å². The summed E-state index contributed by atoms with van der Waals surface area (Å²) in [5.41, 5.74) is 3.48. The standard InChI is InChI=1S/C22H27N5O3.ClH/c1-14-11-19(25-22(29)30)18-12-16(3-5-20(18)27(14)15(2)28)17-4-6-21(24-13-17)26-9-7-23-8-10-26;/h3-6,12-14,19,23,25H,7-11H2,1-2H3,(H,29,30);1H/t14-,19+;/m0./s1. The second-order valence-electron chi connectivity index (χ2n) is 7.89. The SMILES string of the molecule is CC(=O)N1c2ccc(-c3ccc(N4CCNCC4)nc3)cc2[C@H](NC(=O)O)C[C@@H]1C.Cl. The van der Waals surface area contributed by atoms with Crippen LogP contribution >= 0.6 is 12.4 Å². The van der Waals surface area contributed by atoms with E-state index in [1.165, 1.54) is 6.92 Å². The third-order valence-corrected chi connectivity index (χ3v) is 5.84. The maximum atomic E-state index is 12.2. The van der Waals surface area contributed by atoms with Crippen molar-refractivity contribution in [3.8, 4) is 11.1 Å². The summed E-state index contributed by atoms with van der Waals surface area (Å²) >= 11 is 0. The van der Waals surface area contributed by atoms with Gasteiger partial charge in [-0.05, 0) is 48.7 Å². The van der Waals surface area contributed by atoms with Crippen LogP contribution in [0.5, 0.6) is 0 Å². The molecule has 9 heteroatoms. The molecule has 2 aliphatic heterocycles. The summed E-state index contributed by atoms with van der Waals surface area (Å²) < 4.78 is 0. The Kier molecular flexibility index (Phi) is 7.02. The Bertz CT molecular complexity index is 947. The molecule has 166 valence electrons. The molecule has 0 saturated carbocycles. The van der Waals surface area contributed by atoms with Crippen LogP contribution < -0.4 is 20.4 Å². The third-order valence-electron chi connectivity index (χ3n) is 5.84. The average molecular weight is 446 g/mol. The molecule has 31 heavy (non-hydrogen) atoms. The van der Waals surface area contributed by atoms with Crippen LogP contribution in [0.15, 0.2) is 36.5 Å². The first-order valence-electron chi connectivity index (χ1n) is 10.3. The smallest absolute Gasteiger partial charge is 0.405 e. The number of rotatable bonds is 3. The number of aromatic nitrogens is 1. The summed E-state index contributed by atoms with van der Waals surface area (Å²) in [4.78, 5) is 32.2. The molecule has 2 aliphatic rings. The number of pyridine rings is 1. The minimum absolute atomic E-state index is 0. The Hall–Kier alpha value is -2.84. The van der Waals surface area contributed by atoms with E-state index in [1.807, 2.05) is 43.5 Å². The van der Waals surface area contributed by atoms with Crippen molar-refractivity contribution in [1.29, 1.82) is 0 Å². The van der Waals surface area contributed by atoms with Gasteiger partial charge in [-0.25, -0.2) is 9.78 Å². The number of nitrogens with zero attached hydrogens (tertiary/aromatic N) is 3. The van der Waals surface area contributed by atoms with E-state index in [9.17, 15) is 14.7 Å². The molecule has 1 saturated heterocycles. The highest BCUT2D eigenvalue weighted by atomic mass is 35.5. The van der Waals surface area contributed by atoms with Gasteiger partial charge in [-0.1, -0.05) is 6.07 Å². The number of anilines is 2. The van der Waals surface area contributed by atoms with Gasteiger partial charge in [-0.3, -0.25) is 4.79 Å². The Balaban J connectivity index is 0.00000272. The maximum absolute atomic E-state index is 12.2. The molecular weight excluding hydrogens is 418 g/mol. The van der Waals surface area contributed by atoms with Gasteiger partial charge in [-0.2, -0.15) is 0 Å². The number of carbonyl (C=O) groups excluding carboxylic acids is 1. The minimum Gasteiger partial charge on any atom is -0.465 e. The van der Waals surface area contributed by atoms with E-state index in [0.29, 0.717) is 6.42 Å². The van der Waals surface area contributed by atoms with Crippen LogP contribution in [0.2, 0.25) is 0 Å². The molecule has 2 amide bonds. The van der Waals surface area contributed by atoms with Crippen LogP contribution in [0.1, 0.15) is 31.9 Å². The van der Waals surface area contributed by atoms with Gasteiger partial charge in [0.15, 0.2) is 0 Å². The Morgan fingerprint density at radius 3 is 2.48 bits per heavy atom. The first kappa shape index (κ1) is 22.8. The largest absolute Gasteiger partial charge is 0.465 e. The Morgan fingerprint density at radius 1 is 1.16 bits per heavy atom. The van der Waals surface area contributed by atoms with Gasteiger partial charge in [0.2, 0.25) is 5.91 Å². The van der Waals surface area contributed by atoms with Gasteiger partial charge in [0.1, 0.15) is 5.82 Å². The van der Waals surface area contributed by atoms with Crippen molar-refractivity contribution in [2.45, 2.75) is 32.4 Å². The first-order chi connectivity index (χ1) is 14.4. The summed E-state index contributed by atoms with van der Waals surface area (Å²) in [5.74, 6) is 0.910. The number of carbonyl (C=O) groups is 2. The molecule has 1 fully saturated rings. The molecule has 0 spiro atoms. The van der Waals surface area contributed by atoms with Crippen LogP contribution in [-0.4, -0.2) is 54.3 Å². The second-order valence-corrected chi connectivity index (χ2v) is 7.89. The number of carboxylic acid groups (broad SMARTS) is 1. The molecule has 0 bridgehead atoms. The Morgan fingerprint density at radius 2 is 1.87 bits per heavy atom. The number of hydrogen-bond acceptors (Lipinski definition) is 5. The Labute approximate surface area is 188 Å². The molecular formula is C22H28ClN5O3. The highest BCUT2D eigenvalue weighted by molar-refractivity contribution is 5.94. The molecule has 4 rings (SSSR count). The monoisotopic (exact) mass is 445 g/mol. The zero-order chi connectivity index (χ0) is 21.3. The van der Waals surface area contributed by atoms with Crippen molar-refractivity contribution in [2.75, 3.05) is 36.0 Å². The van der Waals surface area contributed by atoms with Crippen LogP contribution in [0.3, 0.4) is 0 Å². The summed E-state index contributed by atoms with van der Waals surface area (Å²) in [6.45, 7) is 7.26. The minimum atomic E-state index is -1.07. The van der Waals surface area contributed by atoms with Crippen molar-refractivity contribution in [3.05, 3.63) is 42.1 Å². The molecule has 3 N–H and O–H groups in total. The van der Waals surface area contributed by atoms with Crippen LogP contribution in [-0.2, 0) is 4.79 Å². The zero-order valence-corrected chi connectivity index (χ0v) is 18.5. The van der Waals surface area contributed by atoms with Crippen molar-refractivity contribution < 1.29 is 14.7 Å². The molecule has 0 radical (unpaired) electrons. The van der Waals surface area contributed by atoms with Crippen molar-refractivity contribution >= 4 is 35.9 Å². The molecule has 1 aromatic carbocycles. The highest BCUT2D eigenvalue weighted by Crippen LogP contribution is 2.39. The van der Waals surface area contributed by atoms with E-state index in [1.54, 1.807) is 4.90 Å². The van der Waals surface area contributed by atoms with Gasteiger partial charge in [0.25, 0.3) is 0 Å². The molecule has 0 aliphatic carbocycles. The van der Waals surface area contributed by atoms with Gasteiger partial charge in [-0.15, -0.1) is 12.4 Å². The summed E-state index contributed by atoms with van der Waals surface area (Å²) in [5, 5.41) is 15.2. The molecule has 2 aromatic rings. The highest BCUT2D eigenvalue weighted by Gasteiger charge is 2.33. The summed E-state index contributed by atoms with van der Waals surface area (Å²) in [7, 11) is 0. The number of piperazine rings is 1. The fourth-order valence-electron chi connectivity index (χ4n) is 4.45. The maximum Gasteiger partial charge on any atom is 0.405 e. The average Bonchev–Trinajstić information content (AvgIpc) is 2.73.